The van der Waals surface area contributed by atoms with Gasteiger partial charge in [0.05, 0.1) is 5.57 Å². The summed E-state index contributed by atoms with van der Waals surface area (Å²) in [5.74, 6) is 0.147. The predicted octanol–water partition coefficient (Wildman–Crippen LogP) is 0.136. The number of nitrogens with one attached hydrogen (secondary N) is 2. The highest BCUT2D eigenvalue weighted by molar-refractivity contribution is 6.19. The van der Waals surface area contributed by atoms with Crippen molar-refractivity contribution in [2.75, 3.05) is 27.2 Å². The molecule has 0 spiro atoms. The minimum absolute atomic E-state index is 0.0204. The lowest BCUT2D eigenvalue weighted by Gasteiger charge is -2.21. The van der Waals surface area contributed by atoms with Gasteiger partial charge < -0.3 is 15.7 Å². The van der Waals surface area contributed by atoms with Crippen LogP contribution in [0.2, 0.25) is 0 Å². The zero-order valence-electron chi connectivity index (χ0n) is 8.55. The van der Waals surface area contributed by atoms with Gasteiger partial charge in [-0.2, -0.15) is 0 Å². The number of rotatable bonds is 5. The molecule has 0 aliphatic heterocycles. The number of aliphatic hydroxyl groups excluding tert-OH is 1. The van der Waals surface area contributed by atoms with Crippen LogP contribution in [0.5, 0.6) is 0 Å². The van der Waals surface area contributed by atoms with Gasteiger partial charge in [-0.15, -0.1) is 0 Å². The number of carbonyl (C=O) groups excluding carboxylic acids is 1. The van der Waals surface area contributed by atoms with Crippen LogP contribution in [0, 0.1) is 0 Å². The summed E-state index contributed by atoms with van der Waals surface area (Å²) in [6.45, 7) is 1.31. The molecule has 0 unspecified atom stereocenters. The Bertz CT molecular complexity index is 292. The second-order valence-corrected chi connectivity index (χ2v) is 3.19. The van der Waals surface area contributed by atoms with Crippen molar-refractivity contribution in [2.24, 2.45) is 0 Å². The number of Topliss-reactive ketones (excluding diaryl/α,β-unsaturated/α-hetero) is 1. The molecule has 3 N–H and O–H groups in total. The van der Waals surface area contributed by atoms with Gasteiger partial charge in [-0.05, 0) is 27.1 Å². The van der Waals surface area contributed by atoms with Crippen molar-refractivity contribution in [3.05, 3.63) is 23.0 Å². The van der Waals surface area contributed by atoms with Gasteiger partial charge in [0.1, 0.15) is 5.76 Å². The average molecular weight is 196 g/mol. The minimum Gasteiger partial charge on any atom is -0.507 e. The van der Waals surface area contributed by atoms with Crippen molar-refractivity contribution in [2.45, 2.75) is 6.42 Å². The normalized spacial score (nSPS) is 19.0. The summed E-state index contributed by atoms with van der Waals surface area (Å²) in [6, 6.07) is 0. The molecule has 0 heterocycles. The topological polar surface area (TPSA) is 61.4 Å². The Balaban J connectivity index is 2.62. The first-order valence-corrected chi connectivity index (χ1v) is 4.69. The number of likely N-dealkylation sites (N-methyl/N-ethyl adjacent to an activating group) is 1. The van der Waals surface area contributed by atoms with Crippen LogP contribution >= 0.6 is 0 Å². The van der Waals surface area contributed by atoms with E-state index in [-0.39, 0.29) is 11.5 Å². The molecule has 1 rings (SSSR count). The van der Waals surface area contributed by atoms with Crippen LogP contribution in [-0.4, -0.2) is 38.1 Å². The Kier molecular flexibility index (Phi) is 3.85. The lowest BCUT2D eigenvalue weighted by atomic mass is 9.86. The van der Waals surface area contributed by atoms with Crippen molar-refractivity contribution in [3.8, 4) is 0 Å². The predicted molar refractivity (Wildman–Crippen MR) is 55.2 cm³/mol. The Hall–Kier alpha value is -1.13. The highest BCUT2D eigenvalue weighted by atomic mass is 16.3. The third-order valence-electron chi connectivity index (χ3n) is 2.19. The second kappa shape index (κ2) is 4.93. The van der Waals surface area contributed by atoms with Crippen molar-refractivity contribution >= 4 is 5.78 Å². The van der Waals surface area contributed by atoms with Crippen molar-refractivity contribution in [1.29, 1.82) is 0 Å². The van der Waals surface area contributed by atoms with E-state index in [1.807, 2.05) is 7.05 Å². The Labute approximate surface area is 83.7 Å². The van der Waals surface area contributed by atoms with Crippen LogP contribution in [0.3, 0.4) is 0 Å². The Morgan fingerprint density at radius 1 is 1.36 bits per heavy atom. The minimum atomic E-state index is -0.0204. The smallest absolute Gasteiger partial charge is 0.196 e. The van der Waals surface area contributed by atoms with Crippen molar-refractivity contribution in [1.82, 2.24) is 10.6 Å². The number of hydrogen-bond acceptors (Lipinski definition) is 4. The maximum absolute atomic E-state index is 11.4. The van der Waals surface area contributed by atoms with Gasteiger partial charge in [0.2, 0.25) is 0 Å². The zero-order valence-corrected chi connectivity index (χ0v) is 8.55. The van der Waals surface area contributed by atoms with E-state index in [2.05, 4.69) is 10.6 Å². The number of carbonyl (C=O) groups is 1. The molecule has 0 amide bonds. The van der Waals surface area contributed by atoms with Gasteiger partial charge >= 0.3 is 0 Å². The summed E-state index contributed by atoms with van der Waals surface area (Å²) in [7, 11) is 3.61. The second-order valence-electron chi connectivity index (χ2n) is 3.19. The molecule has 1 aliphatic rings. The molecule has 0 aromatic carbocycles. The summed E-state index contributed by atoms with van der Waals surface area (Å²) in [5.41, 5.74) is 0.993. The fourth-order valence-corrected chi connectivity index (χ4v) is 1.35. The molecule has 0 atom stereocenters. The maximum Gasteiger partial charge on any atom is 0.196 e. The SMILES string of the molecule is CNC/C=C1\C(=O)C(CCNC)=C1O. The van der Waals surface area contributed by atoms with Gasteiger partial charge in [0, 0.05) is 12.1 Å². The molecule has 0 aromatic heterocycles. The molecule has 0 saturated carbocycles. The zero-order chi connectivity index (χ0) is 10.6. The highest BCUT2D eigenvalue weighted by Gasteiger charge is 2.32. The Morgan fingerprint density at radius 2 is 2.07 bits per heavy atom. The van der Waals surface area contributed by atoms with Gasteiger partial charge in [-0.3, -0.25) is 4.79 Å². The molecule has 4 heteroatoms. The molecule has 0 saturated heterocycles. The first kappa shape index (κ1) is 10.9. The standard InChI is InChI=1S/C10H16N2O2/c1-11-5-3-7-9(13)8(10(7)14)4-6-12-2/h3,11-13H,4-6H2,1-2H3/b7-3-. The van der Waals surface area contributed by atoms with Gasteiger partial charge in [0.15, 0.2) is 5.78 Å². The van der Waals surface area contributed by atoms with E-state index < -0.39 is 0 Å². The highest BCUT2D eigenvalue weighted by Crippen LogP contribution is 2.29. The van der Waals surface area contributed by atoms with Gasteiger partial charge in [-0.25, -0.2) is 0 Å². The molecule has 0 aromatic rings. The largest absolute Gasteiger partial charge is 0.507 e. The molecular formula is C10H16N2O2. The van der Waals surface area contributed by atoms with Crippen LogP contribution in [-0.2, 0) is 4.79 Å². The fraction of sp³-hybridized carbons (Fsp3) is 0.500. The average Bonchev–Trinajstić information content (AvgIpc) is 2.19. The maximum atomic E-state index is 11.4. The van der Waals surface area contributed by atoms with Gasteiger partial charge in [-0.1, -0.05) is 6.08 Å². The monoisotopic (exact) mass is 196 g/mol. The quantitative estimate of drug-likeness (QED) is 0.547. The molecule has 1 aliphatic carbocycles. The van der Waals surface area contributed by atoms with E-state index in [1.165, 1.54) is 0 Å². The molecular weight excluding hydrogens is 180 g/mol. The Morgan fingerprint density at radius 3 is 2.57 bits per heavy atom. The van der Waals surface area contributed by atoms with Crippen LogP contribution < -0.4 is 10.6 Å². The summed E-state index contributed by atoms with van der Waals surface area (Å²) < 4.78 is 0. The number of allylic oxidation sites excluding steroid dienone is 1. The molecule has 0 radical (unpaired) electrons. The molecule has 14 heavy (non-hydrogen) atoms. The number of aliphatic hydroxyl groups is 1. The lowest BCUT2D eigenvalue weighted by molar-refractivity contribution is -0.114. The first-order chi connectivity index (χ1) is 6.72. The van der Waals surface area contributed by atoms with E-state index >= 15 is 0 Å². The first-order valence-electron chi connectivity index (χ1n) is 4.69. The van der Waals surface area contributed by atoms with E-state index in [0.29, 0.717) is 30.7 Å². The lowest BCUT2D eigenvalue weighted by Crippen LogP contribution is -2.26. The van der Waals surface area contributed by atoms with Crippen molar-refractivity contribution in [3.63, 3.8) is 0 Å². The van der Waals surface area contributed by atoms with Crippen LogP contribution in [0.15, 0.2) is 23.0 Å². The number of hydrogen-bond donors (Lipinski definition) is 3. The molecule has 4 nitrogen and oxygen atoms in total. The van der Waals surface area contributed by atoms with E-state index in [9.17, 15) is 9.90 Å². The van der Waals surface area contributed by atoms with E-state index in [0.717, 1.165) is 0 Å². The van der Waals surface area contributed by atoms with E-state index in [1.54, 1.807) is 13.1 Å². The third kappa shape index (κ3) is 2.02. The van der Waals surface area contributed by atoms with Crippen LogP contribution in [0.1, 0.15) is 6.42 Å². The molecule has 0 bridgehead atoms. The fourth-order valence-electron chi connectivity index (χ4n) is 1.35. The number of ketones is 1. The summed E-state index contributed by atoms with van der Waals surface area (Å²) >= 11 is 0. The van der Waals surface area contributed by atoms with Crippen LogP contribution in [0.4, 0.5) is 0 Å². The summed E-state index contributed by atoms with van der Waals surface area (Å²) in [4.78, 5) is 11.4. The molecule has 78 valence electrons. The molecule has 0 fully saturated rings. The van der Waals surface area contributed by atoms with E-state index in [4.69, 9.17) is 0 Å². The van der Waals surface area contributed by atoms with Gasteiger partial charge in [0.25, 0.3) is 0 Å². The van der Waals surface area contributed by atoms with Crippen molar-refractivity contribution < 1.29 is 9.90 Å². The third-order valence-corrected chi connectivity index (χ3v) is 2.19. The summed E-state index contributed by atoms with van der Waals surface area (Å²) in [5, 5.41) is 15.4. The van der Waals surface area contributed by atoms with Crippen LogP contribution in [0.25, 0.3) is 0 Å². The summed E-state index contributed by atoms with van der Waals surface area (Å²) in [6.07, 6.45) is 2.30.